The van der Waals surface area contributed by atoms with Crippen LogP contribution in [-0.2, 0) is 6.54 Å². The van der Waals surface area contributed by atoms with E-state index in [1.807, 2.05) is 0 Å². The summed E-state index contributed by atoms with van der Waals surface area (Å²) in [6.07, 6.45) is 4.10. The van der Waals surface area contributed by atoms with Gasteiger partial charge in [0.2, 0.25) is 0 Å². The minimum absolute atomic E-state index is 0.766. The number of benzene rings is 1. The average Bonchev–Trinajstić information content (AvgIpc) is 2.24. The van der Waals surface area contributed by atoms with E-state index < -0.39 is 0 Å². The van der Waals surface area contributed by atoms with Gasteiger partial charge in [0.25, 0.3) is 0 Å². The number of para-hydroxylation sites is 1. The SMILES string of the molecule is CCNCc1ccccc1N(C)C1CCC1. The number of nitrogens with one attached hydrogen (secondary N) is 1. The lowest BCUT2D eigenvalue weighted by molar-refractivity contribution is 0.400. The number of hydrogen-bond donors (Lipinski definition) is 1. The summed E-state index contributed by atoms with van der Waals surface area (Å²) in [6.45, 7) is 4.16. The van der Waals surface area contributed by atoms with Gasteiger partial charge in [-0.1, -0.05) is 25.1 Å². The fourth-order valence-electron chi connectivity index (χ4n) is 2.23. The van der Waals surface area contributed by atoms with E-state index in [4.69, 9.17) is 0 Å². The Morgan fingerprint density at radius 3 is 2.69 bits per heavy atom. The van der Waals surface area contributed by atoms with Crippen molar-refractivity contribution in [3.8, 4) is 0 Å². The molecule has 0 heterocycles. The Labute approximate surface area is 98.7 Å². The molecule has 1 aliphatic rings. The lowest BCUT2D eigenvalue weighted by Gasteiger charge is -2.37. The third-order valence-corrected chi connectivity index (χ3v) is 3.56. The van der Waals surface area contributed by atoms with Crippen LogP contribution in [0.3, 0.4) is 0 Å². The fraction of sp³-hybridized carbons (Fsp3) is 0.571. The second-order valence-electron chi connectivity index (χ2n) is 4.60. The monoisotopic (exact) mass is 218 g/mol. The molecule has 2 heteroatoms. The van der Waals surface area contributed by atoms with Gasteiger partial charge in [0.15, 0.2) is 0 Å². The predicted octanol–water partition coefficient (Wildman–Crippen LogP) is 2.78. The Kier molecular flexibility index (Phi) is 3.83. The van der Waals surface area contributed by atoms with Crippen LogP contribution in [0.15, 0.2) is 24.3 Å². The second kappa shape index (κ2) is 5.35. The average molecular weight is 218 g/mol. The Morgan fingerprint density at radius 2 is 2.06 bits per heavy atom. The van der Waals surface area contributed by atoms with Crippen molar-refractivity contribution in [2.24, 2.45) is 0 Å². The van der Waals surface area contributed by atoms with Crippen LogP contribution in [0.1, 0.15) is 31.7 Å². The number of nitrogens with zero attached hydrogens (tertiary/aromatic N) is 1. The zero-order valence-electron chi connectivity index (χ0n) is 10.4. The van der Waals surface area contributed by atoms with Crippen LogP contribution in [0.5, 0.6) is 0 Å². The molecule has 0 saturated heterocycles. The van der Waals surface area contributed by atoms with Gasteiger partial charge >= 0.3 is 0 Å². The molecule has 2 nitrogen and oxygen atoms in total. The van der Waals surface area contributed by atoms with E-state index in [2.05, 4.69) is 48.5 Å². The molecule has 0 aromatic heterocycles. The van der Waals surface area contributed by atoms with Gasteiger partial charge in [-0.25, -0.2) is 0 Å². The van der Waals surface area contributed by atoms with Crippen LogP contribution >= 0.6 is 0 Å². The minimum atomic E-state index is 0.766. The molecule has 1 saturated carbocycles. The molecule has 1 aromatic carbocycles. The van der Waals surface area contributed by atoms with Crippen molar-refractivity contribution in [2.45, 2.75) is 38.8 Å². The second-order valence-corrected chi connectivity index (χ2v) is 4.60. The molecule has 88 valence electrons. The van der Waals surface area contributed by atoms with Gasteiger partial charge in [-0.05, 0) is 37.4 Å². The molecule has 0 unspecified atom stereocenters. The Bertz CT molecular complexity index is 331. The van der Waals surface area contributed by atoms with Crippen LogP contribution in [0.4, 0.5) is 5.69 Å². The highest BCUT2D eigenvalue weighted by atomic mass is 15.1. The van der Waals surface area contributed by atoms with Gasteiger partial charge in [-0.3, -0.25) is 0 Å². The van der Waals surface area contributed by atoms with Gasteiger partial charge in [0.1, 0.15) is 0 Å². The number of anilines is 1. The molecule has 0 atom stereocenters. The van der Waals surface area contributed by atoms with E-state index in [0.717, 1.165) is 19.1 Å². The summed E-state index contributed by atoms with van der Waals surface area (Å²) >= 11 is 0. The molecular formula is C14H22N2. The summed E-state index contributed by atoms with van der Waals surface area (Å²) in [7, 11) is 2.23. The molecule has 0 bridgehead atoms. The van der Waals surface area contributed by atoms with E-state index in [9.17, 15) is 0 Å². The summed E-state index contributed by atoms with van der Waals surface area (Å²) in [5, 5.41) is 3.41. The third kappa shape index (κ3) is 2.38. The molecule has 1 fully saturated rings. The zero-order chi connectivity index (χ0) is 11.4. The Morgan fingerprint density at radius 1 is 1.31 bits per heavy atom. The highest BCUT2D eigenvalue weighted by Gasteiger charge is 2.23. The van der Waals surface area contributed by atoms with Gasteiger partial charge in [-0.2, -0.15) is 0 Å². The predicted molar refractivity (Wildman–Crippen MR) is 69.9 cm³/mol. The smallest absolute Gasteiger partial charge is 0.0411 e. The first-order valence-electron chi connectivity index (χ1n) is 6.34. The van der Waals surface area contributed by atoms with Crippen molar-refractivity contribution in [1.82, 2.24) is 5.32 Å². The third-order valence-electron chi connectivity index (χ3n) is 3.56. The topological polar surface area (TPSA) is 15.3 Å². The molecule has 1 N–H and O–H groups in total. The van der Waals surface area contributed by atoms with Crippen molar-refractivity contribution in [3.63, 3.8) is 0 Å². The molecule has 16 heavy (non-hydrogen) atoms. The van der Waals surface area contributed by atoms with Crippen molar-refractivity contribution >= 4 is 5.69 Å². The highest BCUT2D eigenvalue weighted by Crippen LogP contribution is 2.30. The van der Waals surface area contributed by atoms with Gasteiger partial charge in [0.05, 0.1) is 0 Å². The van der Waals surface area contributed by atoms with Gasteiger partial charge < -0.3 is 10.2 Å². The lowest BCUT2D eigenvalue weighted by atomic mass is 9.91. The standard InChI is InChI=1S/C14H22N2/c1-3-15-11-12-7-4-5-10-14(12)16(2)13-8-6-9-13/h4-5,7,10,13,15H,3,6,8-9,11H2,1-2H3. The summed E-state index contributed by atoms with van der Waals surface area (Å²) in [4.78, 5) is 2.45. The van der Waals surface area contributed by atoms with Crippen LogP contribution in [0, 0.1) is 0 Å². The van der Waals surface area contributed by atoms with E-state index in [1.54, 1.807) is 0 Å². The summed E-state index contributed by atoms with van der Waals surface area (Å²) < 4.78 is 0. The van der Waals surface area contributed by atoms with Crippen LogP contribution in [0.2, 0.25) is 0 Å². The molecule has 0 radical (unpaired) electrons. The van der Waals surface area contributed by atoms with E-state index in [0.29, 0.717) is 0 Å². The first-order chi connectivity index (χ1) is 7.83. The first kappa shape index (κ1) is 11.5. The lowest BCUT2D eigenvalue weighted by Crippen LogP contribution is -2.37. The van der Waals surface area contributed by atoms with Gasteiger partial charge in [0, 0.05) is 25.3 Å². The van der Waals surface area contributed by atoms with E-state index >= 15 is 0 Å². The molecule has 2 rings (SSSR count). The van der Waals surface area contributed by atoms with E-state index in [-0.39, 0.29) is 0 Å². The summed E-state index contributed by atoms with van der Waals surface area (Å²) in [5.74, 6) is 0. The molecular weight excluding hydrogens is 196 g/mol. The maximum absolute atomic E-state index is 3.41. The number of rotatable bonds is 5. The minimum Gasteiger partial charge on any atom is -0.371 e. The molecule has 1 aliphatic carbocycles. The van der Waals surface area contributed by atoms with Crippen molar-refractivity contribution in [1.29, 1.82) is 0 Å². The first-order valence-corrected chi connectivity index (χ1v) is 6.34. The maximum atomic E-state index is 3.41. The zero-order valence-corrected chi connectivity index (χ0v) is 10.4. The van der Waals surface area contributed by atoms with Crippen molar-refractivity contribution in [3.05, 3.63) is 29.8 Å². The summed E-state index contributed by atoms with van der Waals surface area (Å²) in [5.41, 5.74) is 2.81. The van der Waals surface area contributed by atoms with Gasteiger partial charge in [-0.15, -0.1) is 0 Å². The maximum Gasteiger partial charge on any atom is 0.0411 e. The van der Waals surface area contributed by atoms with E-state index in [1.165, 1.54) is 30.5 Å². The Hall–Kier alpha value is -1.02. The quantitative estimate of drug-likeness (QED) is 0.817. The van der Waals surface area contributed by atoms with Crippen LogP contribution < -0.4 is 10.2 Å². The normalized spacial score (nSPS) is 15.9. The molecule has 0 amide bonds. The van der Waals surface area contributed by atoms with Crippen LogP contribution in [-0.4, -0.2) is 19.6 Å². The largest absolute Gasteiger partial charge is 0.371 e. The van der Waals surface area contributed by atoms with Crippen molar-refractivity contribution in [2.75, 3.05) is 18.5 Å². The van der Waals surface area contributed by atoms with Crippen molar-refractivity contribution < 1.29 is 0 Å². The van der Waals surface area contributed by atoms with Crippen LogP contribution in [0.25, 0.3) is 0 Å². The molecule has 0 aliphatic heterocycles. The highest BCUT2D eigenvalue weighted by molar-refractivity contribution is 5.54. The number of hydrogen-bond acceptors (Lipinski definition) is 2. The molecule has 1 aromatic rings. The Balaban J connectivity index is 2.11. The summed E-state index contributed by atoms with van der Waals surface area (Å²) in [6, 6.07) is 9.51. The fourth-order valence-corrected chi connectivity index (χ4v) is 2.23. The molecule has 0 spiro atoms.